The molecule has 6 aromatic heterocycles. The molecule has 0 radical (unpaired) electrons. The zero-order valence-corrected chi connectivity index (χ0v) is 50.8. The van der Waals surface area contributed by atoms with Crippen LogP contribution in [0.1, 0.15) is 119 Å². The highest BCUT2D eigenvalue weighted by atomic mass is 79.9. The Morgan fingerprint density at radius 2 is 1.28 bits per heavy atom. The van der Waals surface area contributed by atoms with Gasteiger partial charge in [-0.05, 0) is 126 Å². The van der Waals surface area contributed by atoms with Gasteiger partial charge in [-0.15, -0.1) is 6.58 Å². The van der Waals surface area contributed by atoms with Gasteiger partial charge in [0.2, 0.25) is 0 Å². The van der Waals surface area contributed by atoms with Gasteiger partial charge in [-0.25, -0.2) is 19.9 Å². The number of amidine groups is 2. The number of ether oxygens (including phenoxy) is 5. The normalized spacial score (nSPS) is 19.3. The van der Waals surface area contributed by atoms with Gasteiger partial charge in [-0.3, -0.25) is 19.9 Å². The van der Waals surface area contributed by atoms with Crippen molar-refractivity contribution < 1.29 is 33.0 Å². The van der Waals surface area contributed by atoms with Crippen molar-refractivity contribution in [1.82, 2.24) is 29.9 Å². The van der Waals surface area contributed by atoms with E-state index in [2.05, 4.69) is 89.5 Å². The van der Waals surface area contributed by atoms with E-state index < -0.39 is 11.1 Å². The van der Waals surface area contributed by atoms with Crippen LogP contribution in [0.5, 0.6) is 34.5 Å². The van der Waals surface area contributed by atoms with Crippen LogP contribution in [0, 0.1) is 0 Å². The minimum absolute atomic E-state index is 0.165. The second-order valence-corrected chi connectivity index (χ2v) is 23.7. The first-order valence-electron chi connectivity index (χ1n) is 27.1. The number of nitrogens with two attached hydrogens (primary N) is 2. The Bertz CT molecular complexity index is 3800. The minimum atomic E-state index is -0.665. The van der Waals surface area contributed by atoms with Crippen LogP contribution in [0.15, 0.2) is 136 Å². The summed E-state index contributed by atoms with van der Waals surface area (Å²) >= 11 is 15.4. The first kappa shape index (κ1) is 58.8. The lowest BCUT2D eigenvalue weighted by Gasteiger charge is -2.40. The molecule has 2 atom stereocenters. The molecule has 1 fully saturated rings. The fourth-order valence-electron chi connectivity index (χ4n) is 10.5. The van der Waals surface area contributed by atoms with Crippen molar-refractivity contribution in [3.63, 3.8) is 0 Å². The molecule has 2 aromatic carbocycles. The first-order valence-corrected chi connectivity index (χ1v) is 28.7. The number of rotatable bonds is 6. The van der Waals surface area contributed by atoms with Crippen molar-refractivity contribution in [3.8, 4) is 34.5 Å². The maximum atomic E-state index is 6.36. The summed E-state index contributed by atoms with van der Waals surface area (Å²) in [4.78, 5) is 35.8. The molecule has 1 saturated heterocycles. The van der Waals surface area contributed by atoms with Crippen LogP contribution in [0.4, 0.5) is 0 Å². The highest BCUT2D eigenvalue weighted by Crippen LogP contribution is 2.55. The van der Waals surface area contributed by atoms with Gasteiger partial charge < -0.3 is 44.5 Å². The van der Waals surface area contributed by atoms with Gasteiger partial charge in [-0.1, -0.05) is 64.5 Å². The SMILES string of the molecule is C=C(C)B1OC(C)(C)C(C)(C)O1.COc1cnc2c(Cc3ccc4c(c3)[C@@]3(CCCC(N)=N3)c3cc(C(C)C)ncc3O4)nccc2c1.COc1cnc2c(Cl)nccc2c1.NC1=N[C@@]2(CCO1)c1cc(Br)ccc1Oc1cnc(Cl)cc12. The molecule has 21 heteroatoms. The van der Waals surface area contributed by atoms with Crippen LogP contribution in [-0.2, 0) is 31.5 Å². The molecule has 0 bridgehead atoms. The van der Waals surface area contributed by atoms with Crippen LogP contribution in [-0.4, -0.2) is 80.9 Å². The third-order valence-electron chi connectivity index (χ3n) is 15.5. The molecule has 13 rings (SSSR count). The van der Waals surface area contributed by atoms with Crippen molar-refractivity contribution in [2.24, 2.45) is 21.5 Å². The zero-order chi connectivity index (χ0) is 59.0. The number of benzene rings is 2. The molecule has 5 aliphatic heterocycles. The summed E-state index contributed by atoms with van der Waals surface area (Å²) in [6.45, 7) is 18.7. The topological polar surface area (TPSA) is 219 Å². The van der Waals surface area contributed by atoms with E-state index >= 15 is 0 Å². The maximum Gasteiger partial charge on any atom is 0.489 e. The number of allylic oxidation sites excluding steroid dienone is 1. The summed E-state index contributed by atoms with van der Waals surface area (Å²) in [5.41, 5.74) is 19.9. The average molecular weight is 1220 g/mol. The van der Waals surface area contributed by atoms with E-state index in [-0.39, 0.29) is 24.3 Å². The van der Waals surface area contributed by atoms with Crippen molar-refractivity contribution in [3.05, 3.63) is 176 Å². The number of aliphatic imine (C=N–C) groups is 2. The number of fused-ring (bicyclic) bond motifs is 10. The molecule has 8 aromatic rings. The Balaban J connectivity index is 0.000000138. The van der Waals surface area contributed by atoms with E-state index in [4.69, 9.17) is 72.7 Å². The predicted octanol–water partition coefficient (Wildman–Crippen LogP) is 13.7. The third kappa shape index (κ3) is 11.9. The van der Waals surface area contributed by atoms with Gasteiger partial charge in [0, 0.05) is 74.8 Å². The van der Waals surface area contributed by atoms with Crippen molar-refractivity contribution >= 4 is 79.9 Å². The van der Waals surface area contributed by atoms with Gasteiger partial charge in [0.25, 0.3) is 6.02 Å². The third-order valence-corrected chi connectivity index (χ3v) is 16.5. The lowest BCUT2D eigenvalue weighted by molar-refractivity contribution is 0.00578. The Hall–Kier alpha value is -7.42. The summed E-state index contributed by atoms with van der Waals surface area (Å²) in [7, 11) is 3.01. The van der Waals surface area contributed by atoms with Gasteiger partial charge in [-0.2, -0.15) is 0 Å². The highest BCUT2D eigenvalue weighted by Gasteiger charge is 2.51. The molecule has 83 heavy (non-hydrogen) atoms. The molecule has 0 amide bonds. The van der Waals surface area contributed by atoms with E-state index in [1.165, 1.54) is 0 Å². The molecule has 0 saturated carbocycles. The van der Waals surface area contributed by atoms with E-state index in [1.54, 1.807) is 45.1 Å². The largest absolute Gasteiger partial charge is 0.495 e. The number of methoxy groups -OCH3 is 2. The van der Waals surface area contributed by atoms with Gasteiger partial charge >= 0.3 is 7.12 Å². The summed E-state index contributed by atoms with van der Waals surface area (Å²) in [5.74, 6) is 5.36. The monoisotopic (exact) mass is 1220 g/mol. The Labute approximate surface area is 501 Å². The van der Waals surface area contributed by atoms with E-state index in [0.29, 0.717) is 52.8 Å². The lowest BCUT2D eigenvalue weighted by Crippen LogP contribution is -2.41. The molecule has 5 aliphatic rings. The number of hydrogen-bond donors (Lipinski definition) is 2. The molecule has 4 N–H and O–H groups in total. The van der Waals surface area contributed by atoms with Crippen LogP contribution < -0.4 is 30.4 Å². The van der Waals surface area contributed by atoms with Gasteiger partial charge in [0.1, 0.15) is 44.7 Å². The summed E-state index contributed by atoms with van der Waals surface area (Å²) in [6, 6.07) is 23.9. The first-order chi connectivity index (χ1) is 39.6. The van der Waals surface area contributed by atoms with Gasteiger partial charge in [0.05, 0.1) is 73.9 Å². The summed E-state index contributed by atoms with van der Waals surface area (Å²) < 4.78 is 40.4. The van der Waals surface area contributed by atoms with E-state index in [1.807, 2.05) is 95.5 Å². The highest BCUT2D eigenvalue weighted by molar-refractivity contribution is 9.10. The molecule has 11 heterocycles. The second-order valence-electron chi connectivity index (χ2n) is 22.0. The van der Waals surface area contributed by atoms with Crippen LogP contribution in [0.3, 0.4) is 0 Å². The molecule has 0 unspecified atom stereocenters. The summed E-state index contributed by atoms with van der Waals surface area (Å²) in [6.07, 6.45) is 14.2. The summed E-state index contributed by atoms with van der Waals surface area (Å²) in [5, 5.41) is 2.74. The predicted molar refractivity (Wildman–Crippen MR) is 328 cm³/mol. The van der Waals surface area contributed by atoms with Crippen molar-refractivity contribution in [1.29, 1.82) is 0 Å². The molecule has 17 nitrogen and oxygen atoms in total. The number of nitrogens with zero attached hydrogens (tertiary/aromatic N) is 8. The molecular weight excluding hydrogens is 1160 g/mol. The quantitative estimate of drug-likeness (QED) is 0.117. The Morgan fingerprint density at radius 3 is 1.90 bits per heavy atom. The van der Waals surface area contributed by atoms with Gasteiger partial charge in [0.15, 0.2) is 16.7 Å². The van der Waals surface area contributed by atoms with Crippen LogP contribution >= 0.6 is 39.1 Å². The average Bonchev–Trinajstić information content (AvgIpc) is 3.88. The minimum Gasteiger partial charge on any atom is -0.495 e. The fourth-order valence-corrected chi connectivity index (χ4v) is 11.2. The fraction of sp³-hybridized carbons (Fsp3) is 0.323. The van der Waals surface area contributed by atoms with E-state index in [0.717, 1.165) is 113 Å². The molecule has 428 valence electrons. The second kappa shape index (κ2) is 23.7. The van der Waals surface area contributed by atoms with Crippen LogP contribution in [0.25, 0.3) is 21.8 Å². The van der Waals surface area contributed by atoms with Crippen molar-refractivity contribution in [2.45, 2.75) is 109 Å². The number of halogens is 3. The standard InChI is InChI=1S/C29H29N5O2.C15H11BrClN3O2.C9H17BO2.C9H7ClN2O/c1-17(2)23-14-22-26(16-32-23)36-25-7-6-18(11-21(25)29(22)9-4-5-27(30)34-29)12-24-28-19(8-10-31-24)13-20(35-3)15-33-28;16-8-1-2-11-9(5-8)15(3-4-21-14(18)20-15)10-6-13(17)19-7-12(10)22-11;1-7(2)10-11-8(3,4)9(5,6)12-10;1-13-7-4-6-2-3-11-9(10)8(6)12-5-7/h6-8,10-11,13-17H,4-5,9,12H2,1-3H3,(H2,30,34);1-2,5-7H,3-4H2,(H2,18,20);1H2,2-6H3;2-5H,1H3/t29-;15-;;/m00../s1. The number of aromatic nitrogens is 6. The molecular formula is C62H64BBrCl2N10O7. The van der Waals surface area contributed by atoms with E-state index in [9.17, 15) is 0 Å². The lowest BCUT2D eigenvalue weighted by atomic mass is 9.75. The van der Waals surface area contributed by atoms with Crippen LogP contribution in [0.2, 0.25) is 10.3 Å². The molecule has 0 aliphatic carbocycles. The van der Waals surface area contributed by atoms with Crippen molar-refractivity contribution in [2.75, 3.05) is 20.8 Å². The number of pyridine rings is 6. The molecule has 2 spiro atoms. The zero-order valence-electron chi connectivity index (χ0n) is 47.7. The Kier molecular flexibility index (Phi) is 16.8. The smallest absolute Gasteiger partial charge is 0.489 e. The number of hydrogen-bond acceptors (Lipinski definition) is 17. The Morgan fingerprint density at radius 1 is 0.687 bits per heavy atom. The maximum absolute atomic E-state index is 6.36.